The third kappa shape index (κ3) is 3.71. The summed E-state index contributed by atoms with van der Waals surface area (Å²) < 4.78 is 12.6. The van der Waals surface area contributed by atoms with Crippen LogP contribution in [0.4, 0.5) is 0 Å². The molecule has 0 bridgehead atoms. The molecule has 1 atom stereocenters. The zero-order valence-corrected chi connectivity index (χ0v) is 17.4. The predicted octanol–water partition coefficient (Wildman–Crippen LogP) is 3.06. The Balaban J connectivity index is 1.87. The Bertz CT molecular complexity index is 1300. The molecule has 0 spiro atoms. The van der Waals surface area contributed by atoms with Gasteiger partial charge >= 0.3 is 5.97 Å². The molecule has 0 amide bonds. The number of thiazole rings is 1. The van der Waals surface area contributed by atoms with Gasteiger partial charge in [0.1, 0.15) is 5.76 Å². The summed E-state index contributed by atoms with van der Waals surface area (Å²) in [5.74, 6) is 0.237. The SMILES string of the molecule is CCOC(=O)C1=C(C)N=c2sc(=C/C=C\c3ccco3)c(=O)n2[C@@H]1c1ccccc1. The number of aromatic nitrogens is 1. The molecule has 0 saturated carbocycles. The molecule has 1 aliphatic rings. The van der Waals surface area contributed by atoms with Crippen LogP contribution in [-0.2, 0) is 9.53 Å². The molecule has 0 aliphatic carbocycles. The van der Waals surface area contributed by atoms with Crippen LogP contribution in [0.1, 0.15) is 31.2 Å². The zero-order valence-electron chi connectivity index (χ0n) is 16.6. The van der Waals surface area contributed by atoms with Gasteiger partial charge in [0, 0.05) is 0 Å². The van der Waals surface area contributed by atoms with Gasteiger partial charge in [-0.2, -0.15) is 0 Å². The van der Waals surface area contributed by atoms with Crippen molar-refractivity contribution in [2.24, 2.45) is 4.99 Å². The van der Waals surface area contributed by atoms with Gasteiger partial charge in [-0.3, -0.25) is 9.36 Å². The maximum absolute atomic E-state index is 13.3. The van der Waals surface area contributed by atoms with Crippen LogP contribution < -0.4 is 14.9 Å². The van der Waals surface area contributed by atoms with Crippen molar-refractivity contribution in [1.29, 1.82) is 0 Å². The third-order valence-corrected chi connectivity index (χ3v) is 5.68. The molecule has 1 aliphatic heterocycles. The second kappa shape index (κ2) is 8.51. The van der Waals surface area contributed by atoms with Gasteiger partial charge in [0.25, 0.3) is 5.56 Å². The van der Waals surface area contributed by atoms with Gasteiger partial charge in [-0.1, -0.05) is 47.7 Å². The van der Waals surface area contributed by atoms with Crippen LogP contribution in [0.5, 0.6) is 0 Å². The first-order valence-corrected chi connectivity index (χ1v) is 10.4. The number of ether oxygens (including phenoxy) is 1. The molecule has 1 aromatic carbocycles. The number of fused-ring (bicyclic) bond motifs is 1. The van der Waals surface area contributed by atoms with Gasteiger partial charge in [-0.05, 0) is 43.7 Å². The molecule has 30 heavy (non-hydrogen) atoms. The summed E-state index contributed by atoms with van der Waals surface area (Å²) in [5, 5.41) is 0. The molecule has 0 saturated heterocycles. The van der Waals surface area contributed by atoms with Crippen molar-refractivity contribution in [2.45, 2.75) is 19.9 Å². The Morgan fingerprint density at radius 3 is 2.77 bits per heavy atom. The van der Waals surface area contributed by atoms with Crippen LogP contribution in [-0.4, -0.2) is 17.1 Å². The van der Waals surface area contributed by atoms with E-state index < -0.39 is 12.0 Å². The number of carbonyl (C=O) groups excluding carboxylic acids is 1. The number of nitrogens with zero attached hydrogens (tertiary/aromatic N) is 2. The Labute approximate surface area is 176 Å². The maximum atomic E-state index is 13.3. The minimum absolute atomic E-state index is 0.203. The average molecular weight is 420 g/mol. The first kappa shape index (κ1) is 19.8. The van der Waals surface area contributed by atoms with E-state index in [2.05, 4.69) is 4.99 Å². The summed E-state index contributed by atoms with van der Waals surface area (Å²) in [4.78, 5) is 31.1. The molecule has 7 heteroatoms. The predicted molar refractivity (Wildman–Crippen MR) is 115 cm³/mol. The number of rotatable bonds is 5. The first-order chi connectivity index (χ1) is 14.6. The number of benzene rings is 1. The molecule has 2 aromatic heterocycles. The highest BCUT2D eigenvalue weighted by molar-refractivity contribution is 7.07. The summed E-state index contributed by atoms with van der Waals surface area (Å²) in [5.41, 5.74) is 1.56. The zero-order chi connectivity index (χ0) is 21.1. The monoisotopic (exact) mass is 420 g/mol. The first-order valence-electron chi connectivity index (χ1n) is 9.55. The summed E-state index contributed by atoms with van der Waals surface area (Å²) >= 11 is 1.29. The fraction of sp³-hybridized carbons (Fsp3) is 0.174. The fourth-order valence-electron chi connectivity index (χ4n) is 3.37. The van der Waals surface area contributed by atoms with E-state index in [4.69, 9.17) is 9.15 Å². The molecule has 4 rings (SSSR count). The van der Waals surface area contributed by atoms with Crippen molar-refractivity contribution in [3.63, 3.8) is 0 Å². The van der Waals surface area contributed by atoms with Crippen molar-refractivity contribution in [2.75, 3.05) is 6.61 Å². The van der Waals surface area contributed by atoms with E-state index in [1.807, 2.05) is 36.4 Å². The molecule has 3 aromatic rings. The molecular weight excluding hydrogens is 400 g/mol. The van der Waals surface area contributed by atoms with Crippen molar-refractivity contribution < 1.29 is 13.9 Å². The van der Waals surface area contributed by atoms with Crippen molar-refractivity contribution >= 4 is 29.5 Å². The summed E-state index contributed by atoms with van der Waals surface area (Å²) in [6, 6.07) is 12.5. The van der Waals surface area contributed by atoms with Gasteiger partial charge in [-0.25, -0.2) is 9.79 Å². The highest BCUT2D eigenvalue weighted by Gasteiger charge is 2.33. The van der Waals surface area contributed by atoms with Crippen molar-refractivity contribution in [1.82, 2.24) is 4.57 Å². The maximum Gasteiger partial charge on any atom is 0.338 e. The van der Waals surface area contributed by atoms with E-state index in [1.54, 1.807) is 49.0 Å². The molecule has 0 fully saturated rings. The second-order valence-electron chi connectivity index (χ2n) is 6.61. The van der Waals surface area contributed by atoms with E-state index in [9.17, 15) is 9.59 Å². The van der Waals surface area contributed by atoms with Crippen LogP contribution >= 0.6 is 11.3 Å². The van der Waals surface area contributed by atoms with E-state index in [0.29, 0.717) is 26.4 Å². The molecular formula is C23H20N2O4S. The van der Waals surface area contributed by atoms with Crippen LogP contribution in [0, 0.1) is 0 Å². The van der Waals surface area contributed by atoms with E-state index in [-0.39, 0.29) is 12.2 Å². The lowest BCUT2D eigenvalue weighted by molar-refractivity contribution is -0.139. The number of esters is 1. The second-order valence-corrected chi connectivity index (χ2v) is 7.62. The molecule has 0 N–H and O–H groups in total. The van der Waals surface area contributed by atoms with E-state index in [1.165, 1.54) is 11.3 Å². The smallest absolute Gasteiger partial charge is 0.338 e. The average Bonchev–Trinajstić information content (AvgIpc) is 3.36. The van der Waals surface area contributed by atoms with Gasteiger partial charge < -0.3 is 9.15 Å². The van der Waals surface area contributed by atoms with E-state index >= 15 is 0 Å². The lowest BCUT2D eigenvalue weighted by Crippen LogP contribution is -2.39. The summed E-state index contributed by atoms with van der Waals surface area (Å²) in [7, 11) is 0. The standard InChI is InChI=1S/C23H20N2O4S/c1-3-28-22(27)19-15(2)24-23-25(20(19)16-9-5-4-6-10-16)21(26)18(30-23)13-7-11-17-12-8-14-29-17/h4-14,20H,3H2,1-2H3/b11-7-,18-13?/t20-/m1/s1. The molecule has 0 radical (unpaired) electrons. The minimum atomic E-state index is -0.585. The summed E-state index contributed by atoms with van der Waals surface area (Å²) in [6.45, 7) is 3.78. The van der Waals surface area contributed by atoms with Gasteiger partial charge in [0.15, 0.2) is 4.80 Å². The number of hydrogen-bond acceptors (Lipinski definition) is 6. The van der Waals surface area contributed by atoms with Gasteiger partial charge in [-0.15, -0.1) is 0 Å². The Morgan fingerprint density at radius 2 is 2.07 bits per heavy atom. The lowest BCUT2D eigenvalue weighted by atomic mass is 9.96. The van der Waals surface area contributed by atoms with E-state index in [0.717, 1.165) is 5.56 Å². The number of furan rings is 1. The summed E-state index contributed by atoms with van der Waals surface area (Å²) in [6.07, 6.45) is 6.87. The van der Waals surface area contributed by atoms with Crippen LogP contribution in [0.15, 0.2) is 80.3 Å². The van der Waals surface area contributed by atoms with Crippen molar-refractivity contribution in [3.05, 3.63) is 97.1 Å². The number of carbonyl (C=O) groups is 1. The third-order valence-electron chi connectivity index (χ3n) is 4.68. The highest BCUT2D eigenvalue weighted by atomic mass is 32.1. The minimum Gasteiger partial charge on any atom is -0.465 e. The Hall–Kier alpha value is -3.45. The number of hydrogen-bond donors (Lipinski definition) is 0. The van der Waals surface area contributed by atoms with Gasteiger partial charge in [0.2, 0.25) is 0 Å². The number of allylic oxidation sites excluding steroid dienone is 2. The quantitative estimate of drug-likeness (QED) is 0.595. The molecule has 0 unspecified atom stereocenters. The normalized spacial score (nSPS) is 16.6. The van der Waals surface area contributed by atoms with Gasteiger partial charge in [0.05, 0.1) is 34.7 Å². The lowest BCUT2D eigenvalue weighted by Gasteiger charge is -2.24. The largest absolute Gasteiger partial charge is 0.465 e. The highest BCUT2D eigenvalue weighted by Crippen LogP contribution is 2.30. The Morgan fingerprint density at radius 1 is 1.27 bits per heavy atom. The molecule has 3 heterocycles. The van der Waals surface area contributed by atoms with Crippen LogP contribution in [0.2, 0.25) is 0 Å². The van der Waals surface area contributed by atoms with Crippen molar-refractivity contribution in [3.8, 4) is 0 Å². The topological polar surface area (TPSA) is 73.8 Å². The van der Waals surface area contributed by atoms with Crippen LogP contribution in [0.3, 0.4) is 0 Å². The molecule has 6 nitrogen and oxygen atoms in total. The van der Waals surface area contributed by atoms with Crippen LogP contribution in [0.25, 0.3) is 12.2 Å². The fourth-order valence-corrected chi connectivity index (χ4v) is 4.37. The molecule has 152 valence electrons. The Kier molecular flexibility index (Phi) is 5.63.